The topological polar surface area (TPSA) is 95.9 Å². The Labute approximate surface area is 188 Å². The van der Waals surface area contributed by atoms with E-state index in [1.165, 1.54) is 11.1 Å². The number of carboxylic acids is 1. The second-order valence-electron chi connectivity index (χ2n) is 8.18. The van der Waals surface area contributed by atoms with E-state index in [-0.39, 0.29) is 43.9 Å². The van der Waals surface area contributed by atoms with Gasteiger partial charge in [0, 0.05) is 37.9 Å². The lowest BCUT2D eigenvalue weighted by atomic mass is 9.98. The number of benzene rings is 2. The molecule has 1 aliphatic rings. The van der Waals surface area contributed by atoms with Gasteiger partial charge in [0.2, 0.25) is 5.91 Å². The van der Waals surface area contributed by atoms with Crippen LogP contribution < -0.4 is 5.32 Å². The first-order valence-electron chi connectivity index (χ1n) is 11.0. The first-order chi connectivity index (χ1) is 15.4. The molecule has 7 nitrogen and oxygen atoms in total. The first kappa shape index (κ1) is 23.3. The minimum atomic E-state index is -0.877. The van der Waals surface area contributed by atoms with Crippen LogP contribution in [0.4, 0.5) is 4.79 Å². The third-order valence-electron chi connectivity index (χ3n) is 5.69. The molecule has 170 valence electrons. The predicted octanol–water partition coefficient (Wildman–Crippen LogP) is 4.02. The highest BCUT2D eigenvalue weighted by atomic mass is 16.5. The van der Waals surface area contributed by atoms with E-state index in [4.69, 9.17) is 9.84 Å². The Morgan fingerprint density at radius 3 is 2.16 bits per heavy atom. The Kier molecular flexibility index (Phi) is 7.87. The molecule has 0 aliphatic heterocycles. The van der Waals surface area contributed by atoms with Gasteiger partial charge in [0.15, 0.2) is 0 Å². The fourth-order valence-electron chi connectivity index (χ4n) is 4.14. The summed E-state index contributed by atoms with van der Waals surface area (Å²) in [5, 5.41) is 11.4. The van der Waals surface area contributed by atoms with Crippen molar-refractivity contribution in [1.29, 1.82) is 0 Å². The van der Waals surface area contributed by atoms with Crippen LogP contribution in [0.1, 0.15) is 50.2 Å². The molecule has 3 rings (SSSR count). The molecule has 0 spiro atoms. The number of carbonyl (C=O) groups is 3. The second-order valence-corrected chi connectivity index (χ2v) is 8.18. The number of hydrogen-bond donors (Lipinski definition) is 2. The molecule has 0 heterocycles. The van der Waals surface area contributed by atoms with Crippen LogP contribution in [0, 0.1) is 0 Å². The van der Waals surface area contributed by atoms with Gasteiger partial charge in [0.05, 0.1) is 0 Å². The van der Waals surface area contributed by atoms with Gasteiger partial charge in [0.1, 0.15) is 6.61 Å². The van der Waals surface area contributed by atoms with Gasteiger partial charge in [-0.25, -0.2) is 4.79 Å². The number of alkyl carbamates (subject to hydrolysis) is 1. The zero-order chi connectivity index (χ0) is 23.1. The summed E-state index contributed by atoms with van der Waals surface area (Å²) in [6, 6.07) is 16.2. The lowest BCUT2D eigenvalue weighted by molar-refractivity contribution is -0.138. The number of amides is 2. The number of nitrogens with one attached hydrogen (secondary N) is 1. The summed E-state index contributed by atoms with van der Waals surface area (Å²) in [4.78, 5) is 37.0. The lowest BCUT2D eigenvalue weighted by Gasteiger charge is -2.26. The fraction of sp³-hybridized carbons (Fsp3) is 0.400. The lowest BCUT2D eigenvalue weighted by Crippen LogP contribution is -2.39. The average Bonchev–Trinajstić information content (AvgIpc) is 3.08. The van der Waals surface area contributed by atoms with Crippen molar-refractivity contribution in [3.05, 3.63) is 59.7 Å². The Morgan fingerprint density at radius 2 is 1.59 bits per heavy atom. The maximum absolute atomic E-state index is 12.5. The summed E-state index contributed by atoms with van der Waals surface area (Å²) >= 11 is 0. The van der Waals surface area contributed by atoms with Crippen LogP contribution in [-0.2, 0) is 14.3 Å². The minimum Gasteiger partial charge on any atom is -0.481 e. The number of aliphatic carboxylic acids is 1. The number of rotatable bonds is 10. The Balaban J connectivity index is 1.47. The van der Waals surface area contributed by atoms with E-state index < -0.39 is 12.1 Å². The van der Waals surface area contributed by atoms with Gasteiger partial charge in [-0.2, -0.15) is 0 Å². The third-order valence-corrected chi connectivity index (χ3v) is 5.69. The third kappa shape index (κ3) is 5.66. The van der Waals surface area contributed by atoms with Gasteiger partial charge in [-0.15, -0.1) is 0 Å². The van der Waals surface area contributed by atoms with Gasteiger partial charge in [-0.1, -0.05) is 48.5 Å². The molecule has 2 aromatic rings. The molecule has 7 heteroatoms. The molecule has 0 saturated carbocycles. The highest BCUT2D eigenvalue weighted by Crippen LogP contribution is 2.44. The second kappa shape index (κ2) is 10.8. The van der Waals surface area contributed by atoms with Crippen molar-refractivity contribution >= 4 is 18.0 Å². The number of fused-ring (bicyclic) bond motifs is 3. The van der Waals surface area contributed by atoms with Crippen molar-refractivity contribution in [3.63, 3.8) is 0 Å². The maximum Gasteiger partial charge on any atom is 0.407 e. The number of carboxylic acid groups (broad SMARTS) is 1. The highest BCUT2D eigenvalue weighted by Gasteiger charge is 2.29. The Hall–Kier alpha value is -3.35. The van der Waals surface area contributed by atoms with Crippen LogP contribution in [-0.4, -0.2) is 53.7 Å². The summed E-state index contributed by atoms with van der Waals surface area (Å²) < 4.78 is 5.48. The first-order valence-corrected chi connectivity index (χ1v) is 11.0. The predicted molar refractivity (Wildman–Crippen MR) is 121 cm³/mol. The molecule has 32 heavy (non-hydrogen) atoms. The van der Waals surface area contributed by atoms with Gasteiger partial charge in [-0.3, -0.25) is 9.59 Å². The average molecular weight is 439 g/mol. The van der Waals surface area contributed by atoms with Gasteiger partial charge >= 0.3 is 12.1 Å². The molecule has 2 amide bonds. The van der Waals surface area contributed by atoms with Crippen molar-refractivity contribution in [2.75, 3.05) is 19.7 Å². The number of nitrogens with zero attached hydrogens (tertiary/aromatic N) is 1. The molecule has 0 unspecified atom stereocenters. The molecule has 0 atom stereocenters. The van der Waals surface area contributed by atoms with Crippen molar-refractivity contribution in [1.82, 2.24) is 10.2 Å². The number of ether oxygens (including phenoxy) is 1. The minimum absolute atomic E-state index is 0.0135. The van der Waals surface area contributed by atoms with E-state index in [0.717, 1.165) is 11.1 Å². The van der Waals surface area contributed by atoms with Crippen LogP contribution in [0.5, 0.6) is 0 Å². The largest absolute Gasteiger partial charge is 0.481 e. The molecule has 0 saturated heterocycles. The van der Waals surface area contributed by atoms with Crippen LogP contribution in [0.2, 0.25) is 0 Å². The number of carbonyl (C=O) groups excluding carboxylic acids is 2. The number of hydrogen-bond acceptors (Lipinski definition) is 4. The van der Waals surface area contributed by atoms with E-state index in [2.05, 4.69) is 29.6 Å². The smallest absolute Gasteiger partial charge is 0.407 e. The quantitative estimate of drug-likeness (QED) is 0.584. The van der Waals surface area contributed by atoms with Crippen LogP contribution in [0.15, 0.2) is 48.5 Å². The summed E-state index contributed by atoms with van der Waals surface area (Å²) in [6.45, 7) is 4.54. The molecule has 2 aromatic carbocycles. The zero-order valence-electron chi connectivity index (χ0n) is 18.5. The molecule has 0 radical (unpaired) electrons. The standard InChI is InChI=1S/C25H30N2O5/c1-17(2)27(15-7-12-24(29)30)23(28)13-14-26-25(31)32-16-22-20-10-5-3-8-18(20)19-9-4-6-11-21(19)22/h3-6,8-11,17,22H,7,12-16H2,1-2H3,(H,26,31)(H,29,30). The monoisotopic (exact) mass is 438 g/mol. The van der Waals surface area contributed by atoms with E-state index in [0.29, 0.717) is 13.0 Å². The molecule has 2 N–H and O–H groups in total. The van der Waals surface area contributed by atoms with Crippen molar-refractivity contribution in [2.24, 2.45) is 0 Å². The molecule has 0 fully saturated rings. The normalized spacial score (nSPS) is 12.2. The van der Waals surface area contributed by atoms with Gasteiger partial charge in [0.25, 0.3) is 0 Å². The molecular weight excluding hydrogens is 408 g/mol. The van der Waals surface area contributed by atoms with Gasteiger partial charge in [-0.05, 0) is 42.5 Å². The van der Waals surface area contributed by atoms with Crippen molar-refractivity contribution in [3.8, 4) is 11.1 Å². The van der Waals surface area contributed by atoms with E-state index in [1.807, 2.05) is 38.1 Å². The van der Waals surface area contributed by atoms with E-state index in [1.54, 1.807) is 4.90 Å². The molecule has 1 aliphatic carbocycles. The van der Waals surface area contributed by atoms with Crippen LogP contribution >= 0.6 is 0 Å². The van der Waals surface area contributed by atoms with E-state index in [9.17, 15) is 14.4 Å². The van der Waals surface area contributed by atoms with Crippen LogP contribution in [0.25, 0.3) is 11.1 Å². The van der Waals surface area contributed by atoms with E-state index >= 15 is 0 Å². The molecular formula is C25H30N2O5. The van der Waals surface area contributed by atoms with Crippen molar-refractivity contribution in [2.45, 2.75) is 45.1 Å². The van der Waals surface area contributed by atoms with Crippen molar-refractivity contribution < 1.29 is 24.2 Å². The molecule has 0 bridgehead atoms. The molecule has 0 aromatic heterocycles. The SMILES string of the molecule is CC(C)N(CCCC(=O)O)C(=O)CCNC(=O)OCC1c2ccccc2-c2ccccc21. The Morgan fingerprint density at radius 1 is 1.00 bits per heavy atom. The maximum atomic E-state index is 12.5. The summed E-state index contributed by atoms with van der Waals surface area (Å²) in [7, 11) is 0. The summed E-state index contributed by atoms with van der Waals surface area (Å²) in [5.41, 5.74) is 4.62. The van der Waals surface area contributed by atoms with Gasteiger partial charge < -0.3 is 20.1 Å². The zero-order valence-corrected chi connectivity index (χ0v) is 18.5. The summed E-state index contributed by atoms with van der Waals surface area (Å²) in [6.07, 6.45) is 0.00450. The fourth-order valence-corrected chi connectivity index (χ4v) is 4.14. The Bertz CT molecular complexity index is 927. The highest BCUT2D eigenvalue weighted by molar-refractivity contribution is 5.79. The summed E-state index contributed by atoms with van der Waals surface area (Å²) in [5.74, 6) is -1.01. The van der Waals surface area contributed by atoms with Crippen LogP contribution in [0.3, 0.4) is 0 Å².